The number of anilines is 2. The Bertz CT molecular complexity index is 2040. The average molecular weight is 919 g/mol. The molecule has 0 aromatic heterocycles. The van der Waals surface area contributed by atoms with Gasteiger partial charge in [-0.2, -0.15) is 4.58 Å². The summed E-state index contributed by atoms with van der Waals surface area (Å²) in [6.07, 6.45) is 50.5. The molecule has 3 aromatic rings. The van der Waals surface area contributed by atoms with E-state index in [-0.39, 0.29) is 17.5 Å². The van der Waals surface area contributed by atoms with E-state index >= 15 is 0 Å². The molecule has 0 radical (unpaired) electrons. The molecule has 1 unspecified atom stereocenters. The van der Waals surface area contributed by atoms with E-state index < -0.39 is 5.92 Å². The second kappa shape index (κ2) is 28.5. The van der Waals surface area contributed by atoms with Crippen LogP contribution in [0.25, 0.3) is 5.57 Å². The van der Waals surface area contributed by atoms with Crippen molar-refractivity contribution in [3.63, 3.8) is 0 Å². The van der Waals surface area contributed by atoms with Gasteiger partial charge in [-0.25, -0.2) is 0 Å². The lowest BCUT2D eigenvalue weighted by Crippen LogP contribution is -2.41. The summed E-state index contributed by atoms with van der Waals surface area (Å²) >= 11 is 0. The van der Waals surface area contributed by atoms with Gasteiger partial charge in [0.05, 0.1) is 0 Å². The zero-order chi connectivity index (χ0) is 47.2. The molecule has 3 aromatic carbocycles. The van der Waals surface area contributed by atoms with Crippen LogP contribution >= 0.6 is 0 Å². The normalized spacial score (nSPS) is 18.9. The third-order valence-electron chi connectivity index (χ3n) is 16.4. The van der Waals surface area contributed by atoms with Crippen molar-refractivity contribution in [3.05, 3.63) is 120 Å². The van der Waals surface area contributed by atoms with E-state index in [1.165, 1.54) is 197 Å². The van der Waals surface area contributed by atoms with Crippen LogP contribution in [0.2, 0.25) is 0 Å². The van der Waals surface area contributed by atoms with Gasteiger partial charge < -0.3 is 10.0 Å². The maximum absolute atomic E-state index is 13.6. The summed E-state index contributed by atoms with van der Waals surface area (Å²) in [5.41, 5.74) is 8.39. The van der Waals surface area contributed by atoms with Gasteiger partial charge in [-0.3, -0.25) is 4.79 Å². The van der Waals surface area contributed by atoms with Gasteiger partial charge in [0.15, 0.2) is 5.78 Å². The maximum Gasteiger partial charge on any atom is 0.205 e. The molecular formula is C64H90N2O2. The van der Waals surface area contributed by atoms with Gasteiger partial charge in [0, 0.05) is 59.6 Å². The lowest BCUT2D eigenvalue weighted by molar-refractivity contribution is -0.434. The van der Waals surface area contributed by atoms with Crippen LogP contribution in [0, 0.1) is 23.7 Å². The lowest BCUT2D eigenvalue weighted by Gasteiger charge is -2.40. The molecule has 4 heteroatoms. The summed E-state index contributed by atoms with van der Waals surface area (Å²) in [7, 11) is 0. The molecular weight excluding hydrogens is 829 g/mol. The number of benzene rings is 3. The number of hydrogen-bond acceptors (Lipinski definition) is 3. The van der Waals surface area contributed by atoms with Crippen molar-refractivity contribution in [2.24, 2.45) is 23.7 Å². The van der Waals surface area contributed by atoms with Gasteiger partial charge in [0.2, 0.25) is 11.4 Å². The Hall–Kier alpha value is -4.18. The van der Waals surface area contributed by atoms with Crippen molar-refractivity contribution in [1.29, 1.82) is 0 Å². The van der Waals surface area contributed by atoms with Crippen LogP contribution in [-0.2, 0) is 17.6 Å². The van der Waals surface area contributed by atoms with Crippen LogP contribution in [-0.4, -0.2) is 29.2 Å². The van der Waals surface area contributed by atoms with Crippen LogP contribution in [0.15, 0.2) is 103 Å². The summed E-state index contributed by atoms with van der Waals surface area (Å²) in [6, 6.07) is 26.1. The Morgan fingerprint density at radius 2 is 0.956 bits per heavy atom. The highest BCUT2D eigenvalue weighted by Crippen LogP contribution is 2.42. The molecule has 2 fully saturated rings. The smallest absolute Gasteiger partial charge is 0.205 e. The highest BCUT2D eigenvalue weighted by molar-refractivity contribution is 6.29. The Morgan fingerprint density at radius 1 is 0.529 bits per heavy atom. The van der Waals surface area contributed by atoms with Crippen LogP contribution in [0.5, 0.6) is 0 Å². The number of rotatable bonds is 29. The van der Waals surface area contributed by atoms with E-state index in [4.69, 9.17) is 0 Å². The summed E-state index contributed by atoms with van der Waals surface area (Å²) in [5, 5.41) is 13.6. The van der Waals surface area contributed by atoms with Gasteiger partial charge in [-0.1, -0.05) is 215 Å². The lowest BCUT2D eigenvalue weighted by atomic mass is 9.71. The first-order valence-electron chi connectivity index (χ1n) is 28.5. The van der Waals surface area contributed by atoms with Crippen LogP contribution in [0.1, 0.15) is 210 Å². The number of hydrogen-bond donors (Lipinski definition) is 0. The van der Waals surface area contributed by atoms with Gasteiger partial charge in [-0.15, -0.1) is 5.76 Å². The molecule has 7 rings (SSSR count). The first-order valence-corrected chi connectivity index (χ1v) is 28.5. The number of unbranched alkanes of at least 4 members (excludes halogenated alkanes) is 14. The Morgan fingerprint density at radius 3 is 1.40 bits per heavy atom. The molecule has 0 bridgehead atoms. The van der Waals surface area contributed by atoms with Crippen LogP contribution < -0.4 is 10.0 Å². The zero-order valence-corrected chi connectivity index (χ0v) is 42.9. The van der Waals surface area contributed by atoms with E-state index in [1.54, 1.807) is 0 Å². The Balaban J connectivity index is 0.799. The largest absolute Gasteiger partial charge is 0.874 e. The van der Waals surface area contributed by atoms with Crippen molar-refractivity contribution in [3.8, 4) is 0 Å². The molecule has 2 saturated carbocycles. The molecule has 0 spiro atoms. The number of carbonyl (C=O) groups is 1. The first kappa shape index (κ1) is 51.7. The van der Waals surface area contributed by atoms with Crippen molar-refractivity contribution in [2.75, 3.05) is 18.0 Å². The minimum Gasteiger partial charge on any atom is -0.874 e. The molecule has 368 valence electrons. The van der Waals surface area contributed by atoms with Crippen LogP contribution in [0.3, 0.4) is 0 Å². The third-order valence-corrected chi connectivity index (χ3v) is 16.4. The molecule has 0 N–H and O–H groups in total. The standard InChI is InChI=1S/C64H90N2O2/c1-3-65(57-43-35-53(36-44-57)33-21-15-11-7-5-9-13-19-27-51-29-23-17-24-30-51)59-47-39-55(40-48-59)61-63(67)62(64(61)68)56-41-49-60(50-42-56)66(4-2)58-45-37-54(38-46-58)34-22-16-12-8-6-10-14-20-28-52-31-25-18-26-32-52/h35-52,55,61H,3-34H2,1-2H3. The molecule has 0 heterocycles. The molecule has 4 aliphatic rings. The van der Waals surface area contributed by atoms with Gasteiger partial charge in [0.25, 0.3) is 0 Å². The number of ketones is 1. The predicted molar refractivity (Wildman–Crippen MR) is 288 cm³/mol. The van der Waals surface area contributed by atoms with Crippen molar-refractivity contribution in [2.45, 2.75) is 206 Å². The van der Waals surface area contributed by atoms with E-state index in [1.807, 2.05) is 12.1 Å². The molecule has 0 saturated heterocycles. The van der Waals surface area contributed by atoms with E-state index in [0.29, 0.717) is 5.57 Å². The third kappa shape index (κ3) is 15.4. The minimum atomic E-state index is -0.639. The predicted octanol–water partition coefficient (Wildman–Crippen LogP) is 16.9. The number of allylic oxidation sites excluding steroid dienone is 6. The van der Waals surface area contributed by atoms with E-state index in [2.05, 4.69) is 108 Å². The van der Waals surface area contributed by atoms with Gasteiger partial charge in [0.1, 0.15) is 6.54 Å². The molecule has 0 aliphatic heterocycles. The highest BCUT2D eigenvalue weighted by Gasteiger charge is 2.38. The number of Topliss-reactive ketones (excluding diaryl/α,β-unsaturated/α-hetero) is 1. The summed E-state index contributed by atoms with van der Waals surface area (Å²) < 4.78 is 2.31. The fourth-order valence-corrected chi connectivity index (χ4v) is 12.2. The second-order valence-corrected chi connectivity index (χ2v) is 21.4. The topological polar surface area (TPSA) is 46.4 Å². The van der Waals surface area contributed by atoms with Crippen molar-refractivity contribution in [1.82, 2.24) is 0 Å². The molecule has 68 heavy (non-hydrogen) atoms. The molecule has 4 nitrogen and oxygen atoms in total. The number of aryl methyl sites for hydroxylation is 2. The SMILES string of the molecule is CCN(c1ccc(CCCCCCCCCCC2CCCCC2)cc1)c1ccc(C2=C([O-])C(C3C=CC(=[N+](CC)c4ccc(CCCCCCCCCCC5CCCCC5)cc4)C=C3)C2=O)cc1. The first-order chi connectivity index (χ1) is 33.5. The van der Waals surface area contributed by atoms with E-state index in [0.717, 1.165) is 60.4 Å². The quantitative estimate of drug-likeness (QED) is 0.0515. The maximum atomic E-state index is 13.6. The summed E-state index contributed by atoms with van der Waals surface area (Å²) in [5.74, 6) is 1.13. The van der Waals surface area contributed by atoms with Crippen LogP contribution in [0.4, 0.5) is 17.1 Å². The van der Waals surface area contributed by atoms with Gasteiger partial charge >= 0.3 is 0 Å². The summed E-state index contributed by atoms with van der Waals surface area (Å²) in [4.78, 5) is 15.9. The van der Waals surface area contributed by atoms with Gasteiger partial charge in [-0.05, 0) is 92.3 Å². The number of carbonyl (C=O) groups excluding carboxylic acids is 1. The minimum absolute atomic E-state index is 0.0449. The van der Waals surface area contributed by atoms with Crippen molar-refractivity contribution >= 4 is 34.1 Å². The molecule has 1 atom stereocenters. The molecule has 4 aliphatic carbocycles. The Kier molecular flexibility index (Phi) is 21.6. The second-order valence-electron chi connectivity index (χ2n) is 21.4. The zero-order valence-electron chi connectivity index (χ0n) is 42.9. The Labute approximate surface area is 414 Å². The molecule has 0 amide bonds. The average Bonchev–Trinajstić information content (AvgIpc) is 3.38. The van der Waals surface area contributed by atoms with Crippen molar-refractivity contribution < 1.29 is 14.5 Å². The fourth-order valence-electron chi connectivity index (χ4n) is 12.2. The monoisotopic (exact) mass is 919 g/mol. The van der Waals surface area contributed by atoms with E-state index in [9.17, 15) is 9.90 Å². The number of nitrogens with zero attached hydrogens (tertiary/aromatic N) is 2. The summed E-state index contributed by atoms with van der Waals surface area (Å²) in [6.45, 7) is 6.01. The highest BCUT2D eigenvalue weighted by atomic mass is 16.3. The fraction of sp³-hybridized carbons (Fsp3) is 0.594.